The first-order valence-corrected chi connectivity index (χ1v) is 8.95. The minimum atomic E-state index is -0.287. The van der Waals surface area contributed by atoms with E-state index in [1.807, 2.05) is 4.90 Å². The molecule has 2 aliphatic rings. The summed E-state index contributed by atoms with van der Waals surface area (Å²) >= 11 is 0. The van der Waals surface area contributed by atoms with Crippen LogP contribution in [0, 0.1) is 24.6 Å². The molecule has 1 aromatic carbocycles. The first-order valence-electron chi connectivity index (χ1n) is 8.95. The Labute approximate surface area is 143 Å². The Kier molecular flexibility index (Phi) is 5.51. The topological polar surface area (TPSA) is 43.8 Å². The summed E-state index contributed by atoms with van der Waals surface area (Å²) in [5, 5.41) is 9.62. The summed E-state index contributed by atoms with van der Waals surface area (Å²) in [5.74, 6) is 0.198. The van der Waals surface area contributed by atoms with Gasteiger partial charge in [0.25, 0.3) is 5.91 Å². The monoisotopic (exact) mass is 334 g/mol. The van der Waals surface area contributed by atoms with E-state index in [9.17, 15) is 14.3 Å². The molecule has 2 aliphatic heterocycles. The van der Waals surface area contributed by atoms with E-state index in [4.69, 9.17) is 0 Å². The number of benzene rings is 1. The highest BCUT2D eigenvalue weighted by Gasteiger charge is 2.31. The molecule has 2 unspecified atom stereocenters. The van der Waals surface area contributed by atoms with Gasteiger partial charge in [-0.05, 0) is 74.9 Å². The van der Waals surface area contributed by atoms with Crippen molar-refractivity contribution >= 4 is 5.91 Å². The molecule has 0 spiro atoms. The Balaban J connectivity index is 1.70. The van der Waals surface area contributed by atoms with Gasteiger partial charge in [-0.2, -0.15) is 0 Å². The normalized spacial score (nSPS) is 25.2. The van der Waals surface area contributed by atoms with E-state index >= 15 is 0 Å². The number of likely N-dealkylation sites (tertiary alicyclic amines) is 2. The number of hydrogen-bond donors (Lipinski definition) is 1. The van der Waals surface area contributed by atoms with Crippen molar-refractivity contribution < 1.29 is 14.3 Å². The van der Waals surface area contributed by atoms with Crippen molar-refractivity contribution in [3.05, 3.63) is 35.1 Å². The summed E-state index contributed by atoms with van der Waals surface area (Å²) in [4.78, 5) is 17.1. The van der Waals surface area contributed by atoms with E-state index in [-0.39, 0.29) is 24.2 Å². The molecule has 2 saturated heterocycles. The molecule has 0 aliphatic carbocycles. The van der Waals surface area contributed by atoms with Crippen molar-refractivity contribution in [2.45, 2.75) is 26.2 Å². The van der Waals surface area contributed by atoms with Gasteiger partial charge < -0.3 is 14.9 Å². The zero-order valence-corrected chi connectivity index (χ0v) is 14.4. The second-order valence-corrected chi connectivity index (χ2v) is 7.33. The third kappa shape index (κ3) is 3.95. The van der Waals surface area contributed by atoms with Crippen molar-refractivity contribution in [3.63, 3.8) is 0 Å². The molecule has 0 radical (unpaired) electrons. The van der Waals surface area contributed by atoms with Gasteiger partial charge in [-0.3, -0.25) is 4.79 Å². The van der Waals surface area contributed by atoms with Gasteiger partial charge in [-0.15, -0.1) is 0 Å². The molecule has 24 heavy (non-hydrogen) atoms. The number of rotatable bonds is 4. The molecule has 2 heterocycles. The maximum atomic E-state index is 13.4. The highest BCUT2D eigenvalue weighted by molar-refractivity contribution is 5.94. The van der Waals surface area contributed by atoms with E-state index in [2.05, 4.69) is 4.90 Å². The van der Waals surface area contributed by atoms with Gasteiger partial charge in [0.15, 0.2) is 0 Å². The zero-order chi connectivity index (χ0) is 17.1. The predicted octanol–water partition coefficient (Wildman–Crippen LogP) is 2.30. The van der Waals surface area contributed by atoms with E-state index in [1.165, 1.54) is 18.9 Å². The van der Waals surface area contributed by atoms with Crippen LogP contribution in [0.15, 0.2) is 18.2 Å². The fourth-order valence-electron chi connectivity index (χ4n) is 4.04. The largest absolute Gasteiger partial charge is 0.396 e. The summed E-state index contributed by atoms with van der Waals surface area (Å²) in [5.41, 5.74) is 1.03. The first kappa shape index (κ1) is 17.4. The summed E-state index contributed by atoms with van der Waals surface area (Å²) in [7, 11) is 0. The minimum Gasteiger partial charge on any atom is -0.396 e. The summed E-state index contributed by atoms with van der Waals surface area (Å²) in [6.45, 7) is 6.39. The SMILES string of the molecule is Cc1cc(C(=O)N2CC(CO)CC(CN3CCCC3)C2)ccc1F. The van der Waals surface area contributed by atoms with Gasteiger partial charge >= 0.3 is 0 Å². The van der Waals surface area contributed by atoms with Crippen molar-refractivity contribution in [1.29, 1.82) is 0 Å². The number of hydrogen-bond acceptors (Lipinski definition) is 3. The molecular weight excluding hydrogens is 307 g/mol. The van der Waals surface area contributed by atoms with Crippen LogP contribution in [0.3, 0.4) is 0 Å². The molecule has 5 heteroatoms. The quantitative estimate of drug-likeness (QED) is 0.919. The predicted molar refractivity (Wildman–Crippen MR) is 91.4 cm³/mol. The molecule has 1 aromatic rings. The molecule has 0 saturated carbocycles. The van der Waals surface area contributed by atoms with Crippen LogP contribution in [0.25, 0.3) is 0 Å². The molecule has 3 rings (SSSR count). The van der Waals surface area contributed by atoms with Crippen molar-refractivity contribution in [1.82, 2.24) is 9.80 Å². The lowest BCUT2D eigenvalue weighted by Gasteiger charge is -2.38. The molecule has 2 fully saturated rings. The highest BCUT2D eigenvalue weighted by atomic mass is 19.1. The molecule has 2 atom stereocenters. The standard InChI is InChI=1S/C19H27FN2O2/c1-14-8-17(4-5-18(14)20)19(24)22-11-15(9-16(12-22)13-23)10-21-6-2-3-7-21/h4-5,8,15-16,23H,2-3,6-7,9-13H2,1H3. The Bertz CT molecular complexity index is 587. The van der Waals surface area contributed by atoms with E-state index in [0.717, 1.165) is 32.6 Å². The smallest absolute Gasteiger partial charge is 0.253 e. The number of halogens is 1. The van der Waals surface area contributed by atoms with E-state index in [1.54, 1.807) is 19.1 Å². The second-order valence-electron chi connectivity index (χ2n) is 7.33. The number of aryl methyl sites for hydroxylation is 1. The number of aliphatic hydroxyl groups excluding tert-OH is 1. The maximum absolute atomic E-state index is 13.4. The number of amides is 1. The van der Waals surface area contributed by atoms with Crippen LogP contribution in [0.5, 0.6) is 0 Å². The minimum absolute atomic E-state index is 0.0531. The Morgan fingerprint density at radius 3 is 2.62 bits per heavy atom. The fourth-order valence-corrected chi connectivity index (χ4v) is 4.04. The van der Waals surface area contributed by atoms with Crippen molar-refractivity contribution in [2.24, 2.45) is 11.8 Å². The molecule has 132 valence electrons. The summed E-state index contributed by atoms with van der Waals surface area (Å²) in [6, 6.07) is 4.54. The maximum Gasteiger partial charge on any atom is 0.253 e. The number of carbonyl (C=O) groups is 1. The average molecular weight is 334 g/mol. The molecule has 1 amide bonds. The van der Waals surface area contributed by atoms with Crippen LogP contribution >= 0.6 is 0 Å². The van der Waals surface area contributed by atoms with Crippen molar-refractivity contribution in [2.75, 3.05) is 39.3 Å². The van der Waals surface area contributed by atoms with Gasteiger partial charge in [0, 0.05) is 31.8 Å². The Hall–Kier alpha value is -1.46. The molecular formula is C19H27FN2O2. The average Bonchev–Trinajstić information content (AvgIpc) is 3.09. The third-order valence-corrected chi connectivity index (χ3v) is 5.29. The van der Waals surface area contributed by atoms with Gasteiger partial charge in [0.1, 0.15) is 5.82 Å². The number of nitrogens with zero attached hydrogens (tertiary/aromatic N) is 2. The van der Waals surface area contributed by atoms with Crippen LogP contribution in [-0.4, -0.2) is 60.1 Å². The Morgan fingerprint density at radius 2 is 1.96 bits per heavy atom. The lowest BCUT2D eigenvalue weighted by atomic mass is 9.88. The summed E-state index contributed by atoms with van der Waals surface area (Å²) in [6.07, 6.45) is 3.49. The molecule has 0 aromatic heterocycles. The number of piperidine rings is 1. The highest BCUT2D eigenvalue weighted by Crippen LogP contribution is 2.25. The lowest BCUT2D eigenvalue weighted by molar-refractivity contribution is 0.0465. The lowest BCUT2D eigenvalue weighted by Crippen LogP contribution is -2.47. The number of carbonyl (C=O) groups excluding carboxylic acids is 1. The molecule has 1 N–H and O–H groups in total. The van der Waals surface area contributed by atoms with E-state index < -0.39 is 0 Å². The van der Waals surface area contributed by atoms with Crippen LogP contribution in [0.2, 0.25) is 0 Å². The van der Waals surface area contributed by atoms with Gasteiger partial charge in [0.2, 0.25) is 0 Å². The van der Waals surface area contributed by atoms with Crippen LogP contribution in [-0.2, 0) is 0 Å². The van der Waals surface area contributed by atoms with Crippen LogP contribution in [0.1, 0.15) is 35.2 Å². The third-order valence-electron chi connectivity index (χ3n) is 5.29. The van der Waals surface area contributed by atoms with Gasteiger partial charge in [-0.1, -0.05) is 0 Å². The van der Waals surface area contributed by atoms with E-state index in [0.29, 0.717) is 23.6 Å². The van der Waals surface area contributed by atoms with Gasteiger partial charge in [0.05, 0.1) is 0 Å². The Morgan fingerprint density at radius 1 is 1.25 bits per heavy atom. The zero-order valence-electron chi connectivity index (χ0n) is 14.4. The van der Waals surface area contributed by atoms with Gasteiger partial charge in [-0.25, -0.2) is 4.39 Å². The second kappa shape index (κ2) is 7.62. The molecule has 0 bridgehead atoms. The fraction of sp³-hybridized carbons (Fsp3) is 0.632. The molecule has 4 nitrogen and oxygen atoms in total. The first-order chi connectivity index (χ1) is 11.6. The van der Waals surface area contributed by atoms with Crippen LogP contribution in [0.4, 0.5) is 4.39 Å². The summed E-state index contributed by atoms with van der Waals surface area (Å²) < 4.78 is 13.4. The van der Waals surface area contributed by atoms with Crippen molar-refractivity contribution in [3.8, 4) is 0 Å². The van der Waals surface area contributed by atoms with Crippen LogP contribution < -0.4 is 0 Å². The number of aliphatic hydroxyl groups is 1.